The number of hydrogen-bond acceptors (Lipinski definition) is 5. The topological polar surface area (TPSA) is 44.3 Å². The maximum Gasteiger partial charge on any atom is 0.133 e. The summed E-state index contributed by atoms with van der Waals surface area (Å²) in [5.74, 6) is 2.65. The summed E-state index contributed by atoms with van der Waals surface area (Å²) in [5.41, 5.74) is 0. The molecule has 102 valence electrons. The van der Waals surface area contributed by atoms with Gasteiger partial charge in [-0.3, -0.25) is 9.80 Å². The van der Waals surface area contributed by atoms with Crippen LogP contribution in [-0.4, -0.2) is 65.1 Å². The van der Waals surface area contributed by atoms with E-state index in [9.17, 15) is 0 Å². The first-order valence-electron chi connectivity index (χ1n) is 7.42. The van der Waals surface area contributed by atoms with E-state index >= 15 is 0 Å². The van der Waals surface area contributed by atoms with Gasteiger partial charge in [0.1, 0.15) is 11.6 Å². The number of aromatic nitrogens is 2. The van der Waals surface area contributed by atoms with Crippen LogP contribution in [0, 0.1) is 0 Å². The molecule has 1 atom stereocenters. The zero-order valence-corrected chi connectivity index (χ0v) is 11.3. The lowest BCUT2D eigenvalue weighted by Crippen LogP contribution is -2.62. The Balaban J connectivity index is 1.38. The van der Waals surface area contributed by atoms with Gasteiger partial charge in [0.25, 0.3) is 0 Å². The van der Waals surface area contributed by atoms with Crippen molar-refractivity contribution in [1.82, 2.24) is 19.8 Å². The molecular weight excluding hydrogens is 238 g/mol. The SMILES string of the molecule is c1cc(NCC2CN3CCN2CC3)nc(C2CC2)n1. The Morgan fingerprint density at radius 1 is 1.21 bits per heavy atom. The van der Waals surface area contributed by atoms with Gasteiger partial charge >= 0.3 is 0 Å². The van der Waals surface area contributed by atoms with Crippen LogP contribution in [0.2, 0.25) is 0 Å². The maximum absolute atomic E-state index is 4.63. The van der Waals surface area contributed by atoms with E-state index in [2.05, 4.69) is 25.1 Å². The van der Waals surface area contributed by atoms with Crippen molar-refractivity contribution in [2.45, 2.75) is 24.8 Å². The Kier molecular flexibility index (Phi) is 2.89. The average Bonchev–Trinajstić information content (AvgIpc) is 3.31. The molecule has 4 fully saturated rings. The van der Waals surface area contributed by atoms with Gasteiger partial charge in [-0.2, -0.15) is 0 Å². The number of nitrogens with zero attached hydrogens (tertiary/aromatic N) is 4. The fourth-order valence-corrected chi connectivity index (χ4v) is 3.15. The van der Waals surface area contributed by atoms with Gasteiger partial charge in [0, 0.05) is 57.4 Å². The van der Waals surface area contributed by atoms with Gasteiger partial charge in [0.05, 0.1) is 0 Å². The zero-order chi connectivity index (χ0) is 12.7. The molecule has 0 radical (unpaired) electrons. The van der Waals surface area contributed by atoms with Crippen LogP contribution in [0.1, 0.15) is 24.6 Å². The van der Waals surface area contributed by atoms with Crippen LogP contribution in [-0.2, 0) is 0 Å². The average molecular weight is 259 g/mol. The maximum atomic E-state index is 4.63. The van der Waals surface area contributed by atoms with Crippen molar-refractivity contribution < 1.29 is 0 Å². The fraction of sp³-hybridized carbons (Fsp3) is 0.714. The molecule has 0 amide bonds. The van der Waals surface area contributed by atoms with Crippen LogP contribution in [0.25, 0.3) is 0 Å². The molecular formula is C14H21N5. The Morgan fingerprint density at radius 2 is 2.05 bits per heavy atom. The number of nitrogens with one attached hydrogen (secondary N) is 1. The summed E-state index contributed by atoms with van der Waals surface area (Å²) in [6, 6.07) is 2.63. The van der Waals surface area contributed by atoms with E-state index in [0.717, 1.165) is 18.2 Å². The Bertz CT molecular complexity index is 451. The van der Waals surface area contributed by atoms with E-state index in [1.165, 1.54) is 45.6 Å². The minimum absolute atomic E-state index is 0.627. The molecule has 2 bridgehead atoms. The molecule has 5 rings (SSSR count). The van der Waals surface area contributed by atoms with E-state index in [4.69, 9.17) is 0 Å². The molecule has 3 saturated heterocycles. The van der Waals surface area contributed by atoms with Crippen LogP contribution in [0.5, 0.6) is 0 Å². The fourth-order valence-electron chi connectivity index (χ4n) is 3.15. The van der Waals surface area contributed by atoms with Crippen molar-refractivity contribution in [3.05, 3.63) is 18.1 Å². The van der Waals surface area contributed by atoms with E-state index < -0.39 is 0 Å². The zero-order valence-electron chi connectivity index (χ0n) is 11.3. The summed E-state index contributed by atoms with van der Waals surface area (Å²) in [6.45, 7) is 7.14. The second-order valence-corrected chi connectivity index (χ2v) is 5.95. The number of anilines is 1. The third kappa shape index (κ3) is 2.44. The number of hydrogen-bond donors (Lipinski definition) is 1. The Labute approximate surface area is 114 Å². The predicted molar refractivity (Wildman–Crippen MR) is 74.3 cm³/mol. The van der Waals surface area contributed by atoms with Gasteiger partial charge in [-0.25, -0.2) is 9.97 Å². The van der Waals surface area contributed by atoms with Gasteiger partial charge in [0.15, 0.2) is 0 Å². The van der Waals surface area contributed by atoms with Gasteiger partial charge in [0.2, 0.25) is 0 Å². The second kappa shape index (κ2) is 4.72. The van der Waals surface area contributed by atoms with Crippen molar-refractivity contribution in [3.8, 4) is 0 Å². The molecule has 19 heavy (non-hydrogen) atoms. The third-order valence-electron chi connectivity index (χ3n) is 4.53. The first-order valence-corrected chi connectivity index (χ1v) is 7.42. The van der Waals surface area contributed by atoms with Crippen molar-refractivity contribution >= 4 is 5.82 Å². The molecule has 1 aliphatic carbocycles. The van der Waals surface area contributed by atoms with Crippen LogP contribution in [0.3, 0.4) is 0 Å². The van der Waals surface area contributed by atoms with Gasteiger partial charge in [-0.1, -0.05) is 0 Å². The Hall–Kier alpha value is -1.20. The lowest BCUT2D eigenvalue weighted by molar-refractivity contribution is 0.0189. The van der Waals surface area contributed by atoms with Crippen molar-refractivity contribution in [3.63, 3.8) is 0 Å². The van der Waals surface area contributed by atoms with Crippen LogP contribution in [0.4, 0.5) is 5.82 Å². The molecule has 0 spiro atoms. The molecule has 3 aliphatic heterocycles. The molecule has 0 aromatic carbocycles. The highest BCUT2D eigenvalue weighted by atomic mass is 15.3. The molecule has 5 nitrogen and oxygen atoms in total. The second-order valence-electron chi connectivity index (χ2n) is 5.95. The first kappa shape index (κ1) is 11.6. The van der Waals surface area contributed by atoms with Crippen LogP contribution < -0.4 is 5.32 Å². The van der Waals surface area contributed by atoms with Gasteiger partial charge in [-0.15, -0.1) is 0 Å². The highest BCUT2D eigenvalue weighted by Gasteiger charge is 2.31. The lowest BCUT2D eigenvalue weighted by Gasteiger charge is -2.47. The summed E-state index contributed by atoms with van der Waals surface area (Å²) in [7, 11) is 0. The molecule has 1 unspecified atom stereocenters. The Morgan fingerprint density at radius 3 is 2.74 bits per heavy atom. The minimum Gasteiger partial charge on any atom is -0.368 e. The largest absolute Gasteiger partial charge is 0.368 e. The molecule has 4 heterocycles. The molecule has 1 aromatic rings. The van der Waals surface area contributed by atoms with Crippen molar-refractivity contribution in [2.24, 2.45) is 0 Å². The minimum atomic E-state index is 0.627. The summed E-state index contributed by atoms with van der Waals surface area (Å²) >= 11 is 0. The smallest absolute Gasteiger partial charge is 0.133 e. The number of rotatable bonds is 4. The van der Waals surface area contributed by atoms with Crippen LogP contribution >= 0.6 is 0 Å². The van der Waals surface area contributed by atoms with Crippen LogP contribution in [0.15, 0.2) is 12.3 Å². The van der Waals surface area contributed by atoms with E-state index in [0.29, 0.717) is 12.0 Å². The highest BCUT2D eigenvalue weighted by Crippen LogP contribution is 2.38. The highest BCUT2D eigenvalue weighted by molar-refractivity contribution is 5.34. The lowest BCUT2D eigenvalue weighted by atomic mass is 10.1. The normalized spacial score (nSPS) is 33.4. The summed E-state index contributed by atoms with van der Waals surface area (Å²) in [5, 5.41) is 3.50. The number of piperazine rings is 3. The van der Waals surface area contributed by atoms with E-state index in [1.807, 2.05) is 12.3 Å². The van der Waals surface area contributed by atoms with Gasteiger partial charge < -0.3 is 5.32 Å². The quantitative estimate of drug-likeness (QED) is 0.865. The van der Waals surface area contributed by atoms with Crippen molar-refractivity contribution in [1.29, 1.82) is 0 Å². The summed E-state index contributed by atoms with van der Waals surface area (Å²) in [4.78, 5) is 14.2. The molecule has 4 aliphatic rings. The monoisotopic (exact) mass is 259 g/mol. The third-order valence-corrected chi connectivity index (χ3v) is 4.53. The molecule has 1 N–H and O–H groups in total. The van der Waals surface area contributed by atoms with E-state index in [-0.39, 0.29) is 0 Å². The standard InChI is InChI=1S/C14H21N5/c1-2-11(1)14-15-4-3-13(17-14)16-9-12-10-18-5-7-19(12)8-6-18/h3-4,11-12H,1-2,5-10H2,(H,15,16,17). The predicted octanol–water partition coefficient (Wildman–Crippen LogP) is 0.766. The molecule has 5 heteroatoms. The van der Waals surface area contributed by atoms with Gasteiger partial charge in [-0.05, 0) is 18.9 Å². The summed E-state index contributed by atoms with van der Waals surface area (Å²) in [6.07, 6.45) is 4.41. The molecule has 1 saturated carbocycles. The molecule has 1 aromatic heterocycles. The van der Waals surface area contributed by atoms with E-state index in [1.54, 1.807) is 0 Å². The summed E-state index contributed by atoms with van der Waals surface area (Å²) < 4.78 is 0. The number of fused-ring (bicyclic) bond motifs is 3. The van der Waals surface area contributed by atoms with Crippen molar-refractivity contribution in [2.75, 3.05) is 44.6 Å². The first-order chi connectivity index (χ1) is 9.38.